The van der Waals surface area contributed by atoms with Crippen molar-refractivity contribution in [2.75, 3.05) is 32.9 Å². The Hall–Kier alpha value is -1.94. The van der Waals surface area contributed by atoms with Crippen molar-refractivity contribution in [1.29, 1.82) is 0 Å². The number of carbonyl (C=O) groups excluding carboxylic acids is 1. The average molecular weight is 550 g/mol. The molecule has 1 aromatic carbocycles. The Bertz CT molecular complexity index is 1120. The summed E-state index contributed by atoms with van der Waals surface area (Å²) in [4.78, 5) is 26.4. The maximum Gasteiger partial charge on any atom is 0.336 e. The number of benzene rings is 1. The van der Waals surface area contributed by atoms with Gasteiger partial charge in [-0.05, 0) is 43.5 Å². The van der Waals surface area contributed by atoms with Gasteiger partial charge in [0, 0.05) is 41.1 Å². The van der Waals surface area contributed by atoms with E-state index in [1.54, 1.807) is 24.3 Å². The number of thiazole rings is 1. The molecule has 2 unspecified atom stereocenters. The number of esters is 1. The molecule has 2 aromatic rings. The number of aliphatic imine (C=N–C) groups is 1. The molecule has 2 atom stereocenters. The van der Waals surface area contributed by atoms with Crippen LogP contribution in [0, 0.1) is 12.7 Å². The molecule has 3 heterocycles. The van der Waals surface area contributed by atoms with E-state index in [4.69, 9.17) is 14.5 Å². The number of aromatic nitrogens is 1. The van der Waals surface area contributed by atoms with Gasteiger partial charge < -0.3 is 9.47 Å². The minimum Gasteiger partial charge on any atom is -0.463 e. The van der Waals surface area contributed by atoms with Gasteiger partial charge >= 0.3 is 5.97 Å². The Kier molecular flexibility index (Phi) is 8.29. The van der Waals surface area contributed by atoms with Gasteiger partial charge in [-0.15, -0.1) is 11.3 Å². The van der Waals surface area contributed by atoms with Crippen LogP contribution in [0.3, 0.4) is 0 Å². The Morgan fingerprint density at radius 1 is 1.38 bits per heavy atom. The molecular formula is C25H29BrFN3O3S. The minimum absolute atomic E-state index is 0.268. The Morgan fingerprint density at radius 3 is 2.88 bits per heavy atom. The van der Waals surface area contributed by atoms with Gasteiger partial charge in [0.1, 0.15) is 16.9 Å². The summed E-state index contributed by atoms with van der Waals surface area (Å²) in [5, 5.41) is 0.843. The van der Waals surface area contributed by atoms with E-state index in [-0.39, 0.29) is 24.4 Å². The maximum absolute atomic E-state index is 13.9. The van der Waals surface area contributed by atoms with Crippen LogP contribution < -0.4 is 0 Å². The van der Waals surface area contributed by atoms with Crippen molar-refractivity contribution in [2.24, 2.45) is 4.99 Å². The fourth-order valence-electron chi connectivity index (χ4n) is 4.45. The summed E-state index contributed by atoms with van der Waals surface area (Å²) in [6, 6.07) is 4.16. The molecule has 0 aliphatic carbocycles. The van der Waals surface area contributed by atoms with Gasteiger partial charge in [-0.3, -0.25) is 9.89 Å². The molecular weight excluding hydrogens is 521 g/mol. The maximum atomic E-state index is 13.9. The van der Waals surface area contributed by atoms with E-state index in [1.807, 2.05) is 13.1 Å². The molecule has 34 heavy (non-hydrogen) atoms. The lowest BCUT2D eigenvalue weighted by Gasteiger charge is -2.37. The fourth-order valence-corrected chi connectivity index (χ4v) is 5.77. The Morgan fingerprint density at radius 2 is 2.21 bits per heavy atom. The second-order valence-corrected chi connectivity index (χ2v) is 10.5. The zero-order chi connectivity index (χ0) is 24.2. The first-order valence-corrected chi connectivity index (χ1v) is 13.2. The highest BCUT2D eigenvalue weighted by atomic mass is 79.9. The Labute approximate surface area is 212 Å². The van der Waals surface area contributed by atoms with Crippen molar-refractivity contribution < 1.29 is 18.7 Å². The summed E-state index contributed by atoms with van der Waals surface area (Å²) in [6.45, 7) is 8.99. The summed E-state index contributed by atoms with van der Waals surface area (Å²) in [7, 11) is 0. The van der Waals surface area contributed by atoms with Crippen molar-refractivity contribution in [2.45, 2.75) is 45.7 Å². The van der Waals surface area contributed by atoms with E-state index >= 15 is 0 Å². The van der Waals surface area contributed by atoms with Crippen LogP contribution in [0.2, 0.25) is 0 Å². The molecule has 1 fully saturated rings. The number of rotatable bonds is 7. The molecule has 9 heteroatoms. The number of ether oxygens (including phenoxy) is 2. The molecule has 0 bridgehead atoms. The molecule has 2 aliphatic rings. The zero-order valence-electron chi connectivity index (χ0n) is 19.6. The van der Waals surface area contributed by atoms with E-state index < -0.39 is 6.04 Å². The van der Waals surface area contributed by atoms with Crippen LogP contribution >= 0.6 is 27.3 Å². The molecule has 1 saturated heterocycles. The lowest BCUT2D eigenvalue weighted by atomic mass is 9.88. The third kappa shape index (κ3) is 5.48. The first-order chi connectivity index (χ1) is 16.4. The predicted molar refractivity (Wildman–Crippen MR) is 135 cm³/mol. The van der Waals surface area contributed by atoms with E-state index in [9.17, 15) is 9.18 Å². The number of morpholine rings is 1. The SMILES string of the molecule is CCOC(=O)C1=C(CN2CCOCC2CC)CC(c2ncc(C)s2)=NC1c1ccc(F)cc1Br. The summed E-state index contributed by atoms with van der Waals surface area (Å²) in [5.41, 5.74) is 3.07. The molecule has 0 saturated carbocycles. The number of hydrogen-bond donors (Lipinski definition) is 0. The highest BCUT2D eigenvalue weighted by molar-refractivity contribution is 9.10. The second kappa shape index (κ2) is 11.2. The van der Waals surface area contributed by atoms with Crippen molar-refractivity contribution in [3.63, 3.8) is 0 Å². The predicted octanol–water partition coefficient (Wildman–Crippen LogP) is 5.26. The van der Waals surface area contributed by atoms with Crippen LogP contribution in [0.4, 0.5) is 4.39 Å². The summed E-state index contributed by atoms with van der Waals surface area (Å²) < 4.78 is 25.7. The number of carbonyl (C=O) groups is 1. The molecule has 4 rings (SSSR count). The van der Waals surface area contributed by atoms with E-state index in [2.05, 4.69) is 32.7 Å². The van der Waals surface area contributed by atoms with Gasteiger partial charge in [0.2, 0.25) is 0 Å². The first-order valence-electron chi connectivity index (χ1n) is 11.6. The third-order valence-corrected chi connectivity index (χ3v) is 7.80. The minimum atomic E-state index is -0.613. The molecule has 0 N–H and O–H groups in total. The second-order valence-electron chi connectivity index (χ2n) is 8.44. The quantitative estimate of drug-likeness (QED) is 0.441. The van der Waals surface area contributed by atoms with Gasteiger partial charge in [0.15, 0.2) is 0 Å². The zero-order valence-corrected chi connectivity index (χ0v) is 22.0. The first kappa shape index (κ1) is 25.2. The number of dihydropyridines is 1. The standard InChI is InChI=1S/C25H29BrFN3O3S/c1-4-18-14-32-9-8-30(18)13-16-10-21(24-28-12-15(3)34-24)29-23(22(16)25(31)33-5-2)19-7-6-17(27)11-20(19)26/h6-7,11-12,18,23H,4-5,8-10,13-14H2,1-3H3. The van der Waals surface area contributed by atoms with Crippen LogP contribution in [-0.2, 0) is 14.3 Å². The monoisotopic (exact) mass is 549 g/mol. The van der Waals surface area contributed by atoms with Gasteiger partial charge in [-0.1, -0.05) is 28.9 Å². The molecule has 2 aliphatic heterocycles. The lowest BCUT2D eigenvalue weighted by Crippen LogP contribution is -2.46. The average Bonchev–Trinajstić information content (AvgIpc) is 3.25. The van der Waals surface area contributed by atoms with E-state index in [0.29, 0.717) is 36.2 Å². The van der Waals surface area contributed by atoms with Crippen LogP contribution in [-0.4, -0.2) is 60.5 Å². The van der Waals surface area contributed by atoms with Crippen molar-refractivity contribution in [3.05, 3.63) is 61.3 Å². The summed E-state index contributed by atoms with van der Waals surface area (Å²) in [6.07, 6.45) is 3.32. The van der Waals surface area contributed by atoms with E-state index in [0.717, 1.165) is 39.7 Å². The molecule has 182 valence electrons. The Balaban J connectivity index is 1.83. The molecule has 0 radical (unpaired) electrons. The van der Waals surface area contributed by atoms with Gasteiger partial charge in [0.05, 0.1) is 31.1 Å². The fraction of sp³-hybridized carbons (Fsp3) is 0.480. The van der Waals surface area contributed by atoms with E-state index in [1.165, 1.54) is 12.1 Å². The number of halogens is 2. The third-order valence-electron chi connectivity index (χ3n) is 6.16. The highest BCUT2D eigenvalue weighted by Crippen LogP contribution is 2.40. The van der Waals surface area contributed by atoms with Gasteiger partial charge in [0.25, 0.3) is 0 Å². The topological polar surface area (TPSA) is 64.0 Å². The van der Waals surface area contributed by atoms with Crippen LogP contribution in [0.15, 0.2) is 45.0 Å². The normalized spacial score (nSPS) is 21.5. The molecule has 0 amide bonds. The van der Waals surface area contributed by atoms with Crippen LogP contribution in [0.5, 0.6) is 0 Å². The van der Waals surface area contributed by atoms with Crippen LogP contribution in [0.1, 0.15) is 48.2 Å². The van der Waals surface area contributed by atoms with Crippen molar-refractivity contribution in [3.8, 4) is 0 Å². The molecule has 1 aromatic heterocycles. The number of hydrogen-bond acceptors (Lipinski definition) is 7. The molecule has 6 nitrogen and oxygen atoms in total. The van der Waals surface area contributed by atoms with Gasteiger partial charge in [-0.2, -0.15) is 0 Å². The lowest BCUT2D eigenvalue weighted by molar-refractivity contribution is -0.139. The van der Waals surface area contributed by atoms with Crippen LogP contribution in [0.25, 0.3) is 0 Å². The number of nitrogens with zero attached hydrogens (tertiary/aromatic N) is 3. The summed E-state index contributed by atoms with van der Waals surface area (Å²) >= 11 is 5.08. The molecule has 0 spiro atoms. The van der Waals surface area contributed by atoms with Crippen molar-refractivity contribution >= 4 is 38.9 Å². The number of aryl methyl sites for hydroxylation is 1. The van der Waals surface area contributed by atoms with Crippen molar-refractivity contribution in [1.82, 2.24) is 9.88 Å². The largest absolute Gasteiger partial charge is 0.463 e. The smallest absolute Gasteiger partial charge is 0.336 e. The highest BCUT2D eigenvalue weighted by Gasteiger charge is 2.35. The summed E-state index contributed by atoms with van der Waals surface area (Å²) in [5.74, 6) is -0.731. The van der Waals surface area contributed by atoms with Gasteiger partial charge in [-0.25, -0.2) is 14.2 Å².